The van der Waals surface area contributed by atoms with Crippen LogP contribution in [0.4, 0.5) is 17.1 Å². The van der Waals surface area contributed by atoms with Gasteiger partial charge in [-0.15, -0.1) is 22.7 Å². The first-order valence-electron chi connectivity index (χ1n) is 25.2. The van der Waals surface area contributed by atoms with Gasteiger partial charge in [0.05, 0.1) is 5.69 Å². The highest BCUT2D eigenvalue weighted by Gasteiger charge is 2.23. The van der Waals surface area contributed by atoms with Crippen LogP contribution in [-0.2, 0) is 0 Å². The molecule has 4 heteroatoms. The fourth-order valence-electron chi connectivity index (χ4n) is 12.1. The van der Waals surface area contributed by atoms with Gasteiger partial charge in [-0.1, -0.05) is 164 Å². The normalized spacial score (nSPS) is 12.1. The first kappa shape index (κ1) is 41.5. The van der Waals surface area contributed by atoms with Crippen LogP contribution in [0.5, 0.6) is 0 Å². The monoisotopic (exact) mass is 975 g/mol. The van der Waals surface area contributed by atoms with Gasteiger partial charge >= 0.3 is 0 Å². The molecule has 0 unspecified atom stereocenters. The first-order chi connectivity index (χ1) is 36.7. The van der Waals surface area contributed by atoms with E-state index in [0.717, 1.165) is 44.6 Å². The molecule has 0 atom stereocenters. The van der Waals surface area contributed by atoms with Crippen molar-refractivity contribution >= 4 is 145 Å². The highest BCUT2D eigenvalue weighted by molar-refractivity contribution is 7.27. The van der Waals surface area contributed by atoms with E-state index in [2.05, 4.69) is 248 Å². The second kappa shape index (κ2) is 16.2. The van der Waals surface area contributed by atoms with E-state index in [1.54, 1.807) is 0 Å². The van der Waals surface area contributed by atoms with Crippen molar-refractivity contribution in [2.75, 3.05) is 4.90 Å². The molecule has 0 fully saturated rings. The lowest BCUT2D eigenvalue weighted by Crippen LogP contribution is -2.10. The molecule has 2 nitrogen and oxygen atoms in total. The smallest absolute Gasteiger partial charge is 0.135 e. The summed E-state index contributed by atoms with van der Waals surface area (Å²) >= 11 is 3.76. The van der Waals surface area contributed by atoms with Gasteiger partial charge in [-0.2, -0.15) is 0 Å². The minimum Gasteiger partial charge on any atom is -0.456 e. The summed E-state index contributed by atoms with van der Waals surface area (Å²) in [6.45, 7) is 0. The summed E-state index contributed by atoms with van der Waals surface area (Å²) in [6.07, 6.45) is 0. The Morgan fingerprint density at radius 3 is 1.62 bits per heavy atom. The van der Waals surface area contributed by atoms with Gasteiger partial charge < -0.3 is 9.32 Å². The second-order valence-corrected chi connectivity index (χ2v) is 21.6. The maximum Gasteiger partial charge on any atom is 0.135 e. The summed E-state index contributed by atoms with van der Waals surface area (Å²) < 4.78 is 11.5. The van der Waals surface area contributed by atoms with E-state index in [1.807, 2.05) is 28.7 Å². The first-order valence-corrected chi connectivity index (χ1v) is 26.8. The third-order valence-electron chi connectivity index (χ3n) is 15.4. The predicted molar refractivity (Wildman–Crippen MR) is 321 cm³/mol. The van der Waals surface area contributed by atoms with Gasteiger partial charge in [0.1, 0.15) is 11.2 Å². The maximum atomic E-state index is 6.37. The Balaban J connectivity index is 0.941. The van der Waals surface area contributed by atoms with Crippen LogP contribution in [0.3, 0.4) is 0 Å². The Hall–Kier alpha value is -9.06. The lowest BCUT2D eigenvalue weighted by Gasteiger charge is -2.27. The molecule has 0 N–H and O–H groups in total. The lowest BCUT2D eigenvalue weighted by atomic mass is 9.86. The maximum absolute atomic E-state index is 6.37. The van der Waals surface area contributed by atoms with Crippen molar-refractivity contribution in [2.24, 2.45) is 0 Å². The molecule has 0 spiro atoms. The third kappa shape index (κ3) is 6.29. The van der Waals surface area contributed by atoms with Gasteiger partial charge in [0.2, 0.25) is 0 Å². The zero-order valence-corrected chi connectivity index (χ0v) is 41.5. The number of rotatable bonds is 6. The molecule has 0 radical (unpaired) electrons. The van der Waals surface area contributed by atoms with Crippen LogP contribution in [0.25, 0.3) is 139 Å². The van der Waals surface area contributed by atoms with Crippen molar-refractivity contribution in [3.63, 3.8) is 0 Å². The third-order valence-corrected chi connectivity index (χ3v) is 17.8. The Kier molecular flexibility index (Phi) is 9.11. The van der Waals surface area contributed by atoms with Crippen LogP contribution in [0, 0.1) is 0 Å². The minimum absolute atomic E-state index is 0.881. The molecule has 16 aromatic rings. The van der Waals surface area contributed by atoms with Gasteiger partial charge in [-0.05, 0) is 161 Å². The Labute approximate surface area is 433 Å². The van der Waals surface area contributed by atoms with E-state index >= 15 is 0 Å². The molecule has 0 aliphatic carbocycles. The molecule has 3 heterocycles. The lowest BCUT2D eigenvalue weighted by molar-refractivity contribution is 0.669. The zero-order valence-electron chi connectivity index (χ0n) is 39.8. The highest BCUT2D eigenvalue weighted by Crippen LogP contribution is 2.50. The van der Waals surface area contributed by atoms with Crippen LogP contribution in [0.1, 0.15) is 0 Å². The van der Waals surface area contributed by atoms with E-state index in [9.17, 15) is 0 Å². The summed E-state index contributed by atoms with van der Waals surface area (Å²) in [4.78, 5) is 2.44. The molecule has 0 saturated carbocycles. The number of thiophene rings is 2. The van der Waals surface area contributed by atoms with Crippen molar-refractivity contribution in [3.8, 4) is 33.4 Å². The number of hydrogen-bond acceptors (Lipinski definition) is 4. The summed E-state index contributed by atoms with van der Waals surface area (Å²) in [5.74, 6) is 0. The number of para-hydroxylation sites is 1. The van der Waals surface area contributed by atoms with Crippen LogP contribution in [0.2, 0.25) is 0 Å². The SMILES string of the molecule is c1ccc(-c2cc3ccccc3c3sc4ccc(-c5cc6c7ccccc7c7ccccc7c6cc5-c5ccc(N(c6ccc7oc8ccccc8c7c6)c6cccc7sc8ccccc8c67)cc5)cc4c23)cc1. The minimum atomic E-state index is 0.881. The zero-order chi connectivity index (χ0) is 48.4. The van der Waals surface area contributed by atoms with Crippen molar-refractivity contribution in [2.45, 2.75) is 0 Å². The van der Waals surface area contributed by atoms with Gasteiger partial charge in [0, 0.05) is 62.5 Å². The number of nitrogens with zero attached hydrogens (tertiary/aromatic N) is 1. The van der Waals surface area contributed by atoms with Gasteiger partial charge in [-0.3, -0.25) is 0 Å². The standard InChI is InChI=1S/C70H41NOS2/c1-2-15-42(16-3-1)57-37-44-17-4-5-18-48(44)70-68(57)61-38-45(31-36-66(61)74-70)56-41-59-52-22-9-7-20-50(52)49-19-6-8-21-51(49)58(59)40-55(56)43-29-32-46(33-30-43)71(47-34-35-64-60(39-47)53-23-10-12-26-63(53)72-64)62-25-14-28-67-69(62)54-24-11-13-27-65(54)73-67/h1-41H. The number of anilines is 3. The summed E-state index contributed by atoms with van der Waals surface area (Å²) in [5.41, 5.74) is 12.3. The van der Waals surface area contributed by atoms with Crippen LogP contribution in [-0.4, -0.2) is 0 Å². The molecule has 3 aromatic heterocycles. The van der Waals surface area contributed by atoms with Crippen LogP contribution in [0.15, 0.2) is 253 Å². The quantitative estimate of drug-likeness (QED) is 0.154. The Morgan fingerprint density at radius 1 is 0.284 bits per heavy atom. The number of hydrogen-bond donors (Lipinski definition) is 0. The number of furan rings is 1. The van der Waals surface area contributed by atoms with E-state index in [-0.39, 0.29) is 0 Å². The van der Waals surface area contributed by atoms with Crippen molar-refractivity contribution in [3.05, 3.63) is 249 Å². The van der Waals surface area contributed by atoms with E-state index < -0.39 is 0 Å². The average molecular weight is 976 g/mol. The second-order valence-electron chi connectivity index (χ2n) is 19.5. The fourth-order valence-corrected chi connectivity index (χ4v) is 14.4. The Bertz CT molecular complexity index is 4960. The molecular formula is C70H41NOS2. The van der Waals surface area contributed by atoms with Gasteiger partial charge in [0.25, 0.3) is 0 Å². The predicted octanol–water partition coefficient (Wildman–Crippen LogP) is 21.4. The summed E-state index contributed by atoms with van der Waals surface area (Å²) in [5, 5.41) is 17.5. The Morgan fingerprint density at radius 2 is 0.851 bits per heavy atom. The number of benzene rings is 13. The van der Waals surface area contributed by atoms with E-state index in [4.69, 9.17) is 4.42 Å². The van der Waals surface area contributed by atoms with Crippen LogP contribution < -0.4 is 4.90 Å². The van der Waals surface area contributed by atoms with Crippen LogP contribution >= 0.6 is 22.7 Å². The summed E-state index contributed by atoms with van der Waals surface area (Å²) in [7, 11) is 0. The van der Waals surface area contributed by atoms with Gasteiger partial charge in [-0.25, -0.2) is 0 Å². The molecule has 0 aliphatic rings. The van der Waals surface area contributed by atoms with Crippen molar-refractivity contribution in [1.29, 1.82) is 0 Å². The molecule has 0 bridgehead atoms. The van der Waals surface area contributed by atoms with Crippen molar-refractivity contribution in [1.82, 2.24) is 0 Å². The van der Waals surface area contributed by atoms with E-state index in [1.165, 1.54) is 111 Å². The average Bonchev–Trinajstić information content (AvgIpc) is 4.20. The molecule has 0 saturated heterocycles. The van der Waals surface area contributed by atoms with E-state index in [0.29, 0.717) is 0 Å². The highest BCUT2D eigenvalue weighted by atomic mass is 32.1. The van der Waals surface area contributed by atoms with Crippen molar-refractivity contribution < 1.29 is 4.42 Å². The molecule has 0 amide bonds. The molecule has 344 valence electrons. The summed E-state index contributed by atoms with van der Waals surface area (Å²) in [6, 6.07) is 92.0. The topological polar surface area (TPSA) is 16.4 Å². The van der Waals surface area contributed by atoms with Gasteiger partial charge in [0.15, 0.2) is 0 Å². The molecule has 16 rings (SSSR count). The fraction of sp³-hybridized carbons (Fsp3) is 0. The molecule has 74 heavy (non-hydrogen) atoms. The largest absolute Gasteiger partial charge is 0.456 e. The molecular weight excluding hydrogens is 935 g/mol. The number of fused-ring (bicyclic) bond motifs is 17. The molecule has 13 aromatic carbocycles. The molecule has 0 aliphatic heterocycles.